The van der Waals surface area contributed by atoms with Crippen LogP contribution < -0.4 is 10.0 Å². The molecule has 0 amide bonds. The van der Waals surface area contributed by atoms with Gasteiger partial charge in [0.1, 0.15) is 0 Å². The first-order valence-electron chi connectivity index (χ1n) is 7.17. The molecule has 1 aromatic carbocycles. The smallest absolute Gasteiger partial charge is 0.305 e. The Bertz CT molecular complexity index is 815. The molecule has 3 N–H and O–H groups in total. The highest BCUT2D eigenvalue weighted by Crippen LogP contribution is 2.17. The fourth-order valence-electron chi connectivity index (χ4n) is 2.02. The average Bonchev–Trinajstić information content (AvgIpc) is 2.45. The fourth-order valence-corrected chi connectivity index (χ4v) is 2.96. The number of aliphatic carboxylic acids is 1. The summed E-state index contributed by atoms with van der Waals surface area (Å²) in [5.41, 5.74) is 1.97. The molecule has 8 nitrogen and oxygen atoms in total. The highest BCUT2D eigenvalue weighted by molar-refractivity contribution is 7.92. The van der Waals surface area contributed by atoms with Crippen LogP contribution in [0.25, 0.3) is 0 Å². The number of benzene rings is 1. The number of anilines is 2. The fraction of sp³-hybridized carbons (Fsp3) is 0.267. The van der Waals surface area contributed by atoms with Gasteiger partial charge in [0.05, 0.1) is 11.3 Å². The molecule has 0 fully saturated rings. The number of nitrogens with one attached hydrogen (secondary N) is 2. The van der Waals surface area contributed by atoms with Crippen molar-refractivity contribution in [3.05, 3.63) is 41.7 Å². The van der Waals surface area contributed by atoms with Crippen molar-refractivity contribution in [1.82, 2.24) is 9.97 Å². The summed E-state index contributed by atoms with van der Waals surface area (Å²) in [5, 5.41) is 11.5. The van der Waals surface area contributed by atoms with Crippen LogP contribution in [0.15, 0.2) is 35.2 Å². The number of carbonyl (C=O) groups is 1. The monoisotopic (exact) mass is 350 g/mol. The topological polar surface area (TPSA) is 121 Å². The largest absolute Gasteiger partial charge is 0.481 e. The lowest BCUT2D eigenvalue weighted by Gasteiger charge is -2.09. The molecule has 0 unspecified atom stereocenters. The molecule has 0 aliphatic rings. The van der Waals surface area contributed by atoms with Gasteiger partial charge in [0.25, 0.3) is 10.0 Å². The summed E-state index contributed by atoms with van der Waals surface area (Å²) in [6.45, 7) is 3.77. The van der Waals surface area contributed by atoms with Crippen LogP contribution in [0, 0.1) is 13.8 Å². The molecular weight excluding hydrogens is 332 g/mol. The van der Waals surface area contributed by atoms with Gasteiger partial charge < -0.3 is 10.4 Å². The summed E-state index contributed by atoms with van der Waals surface area (Å²) in [7, 11) is -3.79. The molecule has 0 aliphatic carbocycles. The van der Waals surface area contributed by atoms with Gasteiger partial charge in [0.2, 0.25) is 5.95 Å². The molecule has 0 saturated heterocycles. The van der Waals surface area contributed by atoms with Crippen LogP contribution in [-0.4, -0.2) is 36.0 Å². The predicted octanol–water partition coefficient (Wildman–Crippen LogP) is 1.78. The molecule has 2 aromatic rings. The molecule has 1 aromatic heterocycles. The Kier molecular flexibility index (Phi) is 5.35. The molecule has 0 saturated carbocycles. The van der Waals surface area contributed by atoms with Crippen molar-refractivity contribution >= 4 is 27.6 Å². The first-order chi connectivity index (χ1) is 11.3. The number of hydrogen-bond acceptors (Lipinski definition) is 6. The summed E-state index contributed by atoms with van der Waals surface area (Å²) < 4.78 is 27.0. The van der Waals surface area contributed by atoms with Crippen molar-refractivity contribution in [3.8, 4) is 0 Å². The molecule has 0 bridgehead atoms. The highest BCUT2D eigenvalue weighted by Gasteiger charge is 2.16. The quantitative estimate of drug-likeness (QED) is 0.696. The molecule has 24 heavy (non-hydrogen) atoms. The van der Waals surface area contributed by atoms with E-state index in [1.54, 1.807) is 32.0 Å². The van der Waals surface area contributed by atoms with E-state index < -0.39 is 16.0 Å². The zero-order valence-electron chi connectivity index (χ0n) is 13.3. The predicted molar refractivity (Wildman–Crippen MR) is 89.5 cm³/mol. The summed E-state index contributed by atoms with van der Waals surface area (Å²) in [4.78, 5) is 18.6. The van der Waals surface area contributed by atoms with Crippen LogP contribution in [0.5, 0.6) is 0 Å². The van der Waals surface area contributed by atoms with E-state index in [2.05, 4.69) is 20.0 Å². The van der Waals surface area contributed by atoms with Gasteiger partial charge >= 0.3 is 5.97 Å². The summed E-state index contributed by atoms with van der Waals surface area (Å²) in [6, 6.07) is 7.73. The zero-order valence-corrected chi connectivity index (χ0v) is 14.1. The Morgan fingerprint density at radius 2 is 1.71 bits per heavy atom. The maximum atomic E-state index is 12.3. The summed E-state index contributed by atoms with van der Waals surface area (Å²) in [5.74, 6) is -0.879. The Balaban J connectivity index is 2.10. The lowest BCUT2D eigenvalue weighted by molar-refractivity contribution is -0.136. The molecule has 0 atom stereocenters. The number of aromatic nitrogens is 2. The molecule has 0 spiro atoms. The van der Waals surface area contributed by atoms with E-state index in [1.807, 2.05) is 0 Å². The second kappa shape index (κ2) is 7.26. The van der Waals surface area contributed by atoms with Gasteiger partial charge in [-0.1, -0.05) is 0 Å². The van der Waals surface area contributed by atoms with Gasteiger partial charge in [0, 0.05) is 23.6 Å². The number of carboxylic acids is 1. The van der Waals surface area contributed by atoms with E-state index in [9.17, 15) is 13.2 Å². The normalized spacial score (nSPS) is 11.1. The van der Waals surface area contributed by atoms with Crippen LogP contribution >= 0.6 is 0 Å². The van der Waals surface area contributed by atoms with Crippen molar-refractivity contribution < 1.29 is 18.3 Å². The maximum Gasteiger partial charge on any atom is 0.305 e. The average molecular weight is 350 g/mol. The van der Waals surface area contributed by atoms with Crippen molar-refractivity contribution in [3.63, 3.8) is 0 Å². The second-order valence-corrected chi connectivity index (χ2v) is 6.86. The van der Waals surface area contributed by atoms with Crippen molar-refractivity contribution in [2.45, 2.75) is 25.2 Å². The van der Waals surface area contributed by atoms with Crippen molar-refractivity contribution in [2.24, 2.45) is 0 Å². The van der Waals surface area contributed by atoms with Crippen LogP contribution in [0.2, 0.25) is 0 Å². The van der Waals surface area contributed by atoms with Gasteiger partial charge in [-0.05, 0) is 44.2 Å². The lowest BCUT2D eigenvalue weighted by atomic mass is 10.3. The lowest BCUT2D eigenvalue weighted by Crippen LogP contribution is -2.16. The van der Waals surface area contributed by atoms with Gasteiger partial charge in [-0.3, -0.25) is 4.79 Å². The SMILES string of the molecule is Cc1cc(C)nc(NS(=O)(=O)c2ccc(NCCC(=O)O)cc2)n1. The first-order valence-corrected chi connectivity index (χ1v) is 8.65. The summed E-state index contributed by atoms with van der Waals surface area (Å²) in [6.07, 6.45) is -0.0222. The maximum absolute atomic E-state index is 12.3. The third kappa shape index (κ3) is 4.92. The molecule has 0 radical (unpaired) electrons. The van der Waals surface area contributed by atoms with Gasteiger partial charge in [0.15, 0.2) is 0 Å². The molecule has 0 aliphatic heterocycles. The van der Waals surface area contributed by atoms with Crippen LogP contribution in [0.1, 0.15) is 17.8 Å². The molecular formula is C15H18N4O4S. The zero-order chi connectivity index (χ0) is 17.7. The number of aryl methyl sites for hydroxylation is 2. The molecule has 9 heteroatoms. The Morgan fingerprint density at radius 1 is 1.12 bits per heavy atom. The van der Waals surface area contributed by atoms with Crippen molar-refractivity contribution in [2.75, 3.05) is 16.6 Å². The number of carboxylic acid groups (broad SMARTS) is 1. The van der Waals surface area contributed by atoms with E-state index >= 15 is 0 Å². The Hall–Kier alpha value is -2.68. The Labute approximate surface area is 140 Å². The van der Waals surface area contributed by atoms with Crippen LogP contribution in [-0.2, 0) is 14.8 Å². The molecule has 128 valence electrons. The van der Waals surface area contributed by atoms with Crippen LogP contribution in [0.3, 0.4) is 0 Å². The van der Waals surface area contributed by atoms with E-state index in [-0.39, 0.29) is 23.8 Å². The minimum Gasteiger partial charge on any atom is -0.481 e. The van der Waals surface area contributed by atoms with Crippen LogP contribution in [0.4, 0.5) is 11.6 Å². The Morgan fingerprint density at radius 3 is 2.25 bits per heavy atom. The standard InChI is InChI=1S/C15H18N4O4S/c1-10-9-11(2)18-15(17-10)19-24(22,23)13-5-3-12(4-6-13)16-8-7-14(20)21/h3-6,9,16H,7-8H2,1-2H3,(H,20,21)(H,17,18,19). The first kappa shape index (κ1) is 17.7. The second-order valence-electron chi connectivity index (χ2n) is 5.17. The van der Waals surface area contributed by atoms with E-state index in [0.29, 0.717) is 17.1 Å². The molecule has 2 rings (SSSR count). The summed E-state index contributed by atoms with van der Waals surface area (Å²) >= 11 is 0. The number of hydrogen-bond donors (Lipinski definition) is 3. The van der Waals surface area contributed by atoms with E-state index in [0.717, 1.165) is 0 Å². The van der Waals surface area contributed by atoms with Crippen molar-refractivity contribution in [1.29, 1.82) is 0 Å². The molecule has 1 heterocycles. The number of nitrogens with zero attached hydrogens (tertiary/aromatic N) is 2. The highest BCUT2D eigenvalue weighted by atomic mass is 32.2. The van der Waals surface area contributed by atoms with E-state index in [1.165, 1.54) is 12.1 Å². The minimum absolute atomic E-state index is 0.0222. The number of rotatable bonds is 7. The van der Waals surface area contributed by atoms with Gasteiger partial charge in [-0.25, -0.2) is 23.1 Å². The third-order valence-corrected chi connectivity index (χ3v) is 4.38. The van der Waals surface area contributed by atoms with E-state index in [4.69, 9.17) is 5.11 Å². The van der Waals surface area contributed by atoms with Gasteiger partial charge in [-0.15, -0.1) is 0 Å². The minimum atomic E-state index is -3.79. The number of sulfonamides is 1. The van der Waals surface area contributed by atoms with Gasteiger partial charge in [-0.2, -0.15) is 0 Å². The third-order valence-electron chi connectivity index (χ3n) is 3.04.